The fourth-order valence-electron chi connectivity index (χ4n) is 2.32. The van der Waals surface area contributed by atoms with Crippen LogP contribution in [0, 0.1) is 6.92 Å². The van der Waals surface area contributed by atoms with Crippen molar-refractivity contribution in [3.8, 4) is 0 Å². The molecule has 0 unspecified atom stereocenters. The van der Waals surface area contributed by atoms with Crippen molar-refractivity contribution in [1.82, 2.24) is 14.7 Å². The van der Waals surface area contributed by atoms with Gasteiger partial charge >= 0.3 is 0 Å². The van der Waals surface area contributed by atoms with Crippen LogP contribution in [-0.2, 0) is 10.0 Å². The molecule has 0 fully saturated rings. The summed E-state index contributed by atoms with van der Waals surface area (Å²) in [6, 6.07) is 10.1. The molecule has 26 heavy (non-hydrogen) atoms. The van der Waals surface area contributed by atoms with Gasteiger partial charge in [0, 0.05) is 23.4 Å². The third kappa shape index (κ3) is 4.14. The van der Waals surface area contributed by atoms with E-state index in [1.54, 1.807) is 36.4 Å². The predicted molar refractivity (Wildman–Crippen MR) is 97.2 cm³/mol. The van der Waals surface area contributed by atoms with E-state index in [0.29, 0.717) is 10.9 Å². The van der Waals surface area contributed by atoms with Gasteiger partial charge in [-0.05, 0) is 31.2 Å². The highest BCUT2D eigenvalue weighted by atomic mass is 32.2. The highest BCUT2D eigenvalue weighted by molar-refractivity contribution is 7.91. The van der Waals surface area contributed by atoms with E-state index in [1.807, 2.05) is 6.92 Å². The number of hydrogen-bond donors (Lipinski definition) is 2. The molecule has 0 atom stereocenters. The van der Waals surface area contributed by atoms with Crippen LogP contribution in [0.4, 0.5) is 14.6 Å². The Morgan fingerprint density at radius 3 is 2.58 bits per heavy atom. The molecule has 0 bridgehead atoms. The summed E-state index contributed by atoms with van der Waals surface area (Å²) in [5.74, 6) is -0.321. The minimum absolute atomic E-state index is 0.0849. The Hall–Kier alpha value is -2.17. The molecular formula is C16H16F2N4O2S2. The molecule has 0 spiro atoms. The Morgan fingerprint density at radius 2 is 1.88 bits per heavy atom. The van der Waals surface area contributed by atoms with Crippen molar-refractivity contribution in [2.24, 2.45) is 0 Å². The lowest BCUT2D eigenvalue weighted by Gasteiger charge is -2.11. The second-order valence-electron chi connectivity index (χ2n) is 5.44. The van der Waals surface area contributed by atoms with E-state index >= 15 is 0 Å². The maximum atomic E-state index is 13.0. The summed E-state index contributed by atoms with van der Waals surface area (Å²) in [6.07, 6.45) is -2.79. The number of anilines is 1. The highest BCUT2D eigenvalue weighted by Gasteiger charge is 2.17. The van der Waals surface area contributed by atoms with E-state index < -0.39 is 22.3 Å². The molecule has 138 valence electrons. The first-order valence-electron chi connectivity index (χ1n) is 7.71. The molecule has 2 heterocycles. The molecule has 2 aromatic heterocycles. The number of aromatic nitrogens is 2. The fraction of sp³-hybridized carbons (Fsp3) is 0.250. The SMILES string of the molecule is Cc1ccc(S(=O)(=O)NCCNc2nc(C(F)F)nc3ccccc23)s1. The summed E-state index contributed by atoms with van der Waals surface area (Å²) in [4.78, 5) is 8.58. The predicted octanol–water partition coefficient (Wildman–Crippen LogP) is 3.33. The smallest absolute Gasteiger partial charge is 0.297 e. The molecule has 0 aliphatic heterocycles. The van der Waals surface area contributed by atoms with Crippen LogP contribution in [0.3, 0.4) is 0 Å². The topological polar surface area (TPSA) is 84.0 Å². The first-order valence-corrected chi connectivity index (χ1v) is 10.0. The van der Waals surface area contributed by atoms with Crippen LogP contribution in [0.5, 0.6) is 0 Å². The van der Waals surface area contributed by atoms with Crippen LogP contribution >= 0.6 is 11.3 Å². The Kier molecular flexibility index (Phi) is 5.44. The van der Waals surface area contributed by atoms with Gasteiger partial charge in [-0.3, -0.25) is 0 Å². The zero-order valence-electron chi connectivity index (χ0n) is 13.7. The molecule has 0 amide bonds. The first kappa shape index (κ1) is 18.6. The van der Waals surface area contributed by atoms with Gasteiger partial charge < -0.3 is 5.32 Å². The lowest BCUT2D eigenvalue weighted by molar-refractivity contribution is 0.141. The van der Waals surface area contributed by atoms with Gasteiger partial charge in [-0.25, -0.2) is 31.9 Å². The van der Waals surface area contributed by atoms with Crippen LogP contribution in [-0.4, -0.2) is 31.5 Å². The third-order valence-electron chi connectivity index (χ3n) is 3.51. The standard InChI is InChI=1S/C16H16F2N4O2S2/c1-10-6-7-13(25-10)26(23,24)20-9-8-19-15-11-4-2-3-5-12(11)21-16(22-15)14(17)18/h2-7,14,20H,8-9H2,1H3,(H,19,21,22). The lowest BCUT2D eigenvalue weighted by atomic mass is 10.2. The van der Waals surface area contributed by atoms with Gasteiger partial charge in [-0.1, -0.05) is 12.1 Å². The van der Waals surface area contributed by atoms with E-state index in [-0.39, 0.29) is 23.1 Å². The van der Waals surface area contributed by atoms with Gasteiger partial charge in [0.2, 0.25) is 10.0 Å². The third-order valence-corrected chi connectivity index (χ3v) is 6.46. The number of aryl methyl sites for hydroxylation is 1. The van der Waals surface area contributed by atoms with Gasteiger partial charge in [-0.2, -0.15) is 0 Å². The van der Waals surface area contributed by atoms with Gasteiger partial charge in [0.05, 0.1) is 5.52 Å². The number of alkyl halides is 2. The Balaban J connectivity index is 1.70. The minimum Gasteiger partial charge on any atom is -0.368 e. The van der Waals surface area contributed by atoms with Gasteiger partial charge in [-0.15, -0.1) is 11.3 Å². The molecule has 2 N–H and O–H groups in total. The molecule has 0 radical (unpaired) electrons. The molecule has 0 saturated heterocycles. The van der Waals surface area contributed by atoms with Crippen LogP contribution < -0.4 is 10.0 Å². The zero-order valence-corrected chi connectivity index (χ0v) is 15.4. The normalized spacial score (nSPS) is 12.0. The quantitative estimate of drug-likeness (QED) is 0.597. The molecule has 6 nitrogen and oxygen atoms in total. The molecule has 0 aliphatic carbocycles. The van der Waals surface area contributed by atoms with Gasteiger partial charge in [0.15, 0.2) is 5.82 Å². The summed E-state index contributed by atoms with van der Waals surface area (Å²) in [5, 5.41) is 3.50. The second-order valence-corrected chi connectivity index (χ2v) is 8.72. The number of halogens is 2. The van der Waals surface area contributed by atoms with Gasteiger partial charge in [0.25, 0.3) is 6.43 Å². The minimum atomic E-state index is -3.58. The Morgan fingerprint density at radius 1 is 1.12 bits per heavy atom. The number of para-hydroxylation sites is 1. The zero-order chi connectivity index (χ0) is 18.7. The number of benzene rings is 1. The molecule has 0 saturated carbocycles. The average molecular weight is 398 g/mol. The average Bonchev–Trinajstić information content (AvgIpc) is 3.05. The Bertz CT molecular complexity index is 1020. The van der Waals surface area contributed by atoms with E-state index in [0.717, 1.165) is 4.88 Å². The van der Waals surface area contributed by atoms with E-state index in [4.69, 9.17) is 0 Å². The van der Waals surface area contributed by atoms with Crippen LogP contribution in [0.25, 0.3) is 10.9 Å². The van der Waals surface area contributed by atoms with E-state index in [2.05, 4.69) is 20.0 Å². The molecule has 3 rings (SSSR count). The van der Waals surface area contributed by atoms with Crippen molar-refractivity contribution in [3.63, 3.8) is 0 Å². The number of nitrogens with one attached hydrogen (secondary N) is 2. The Labute approximate surface area is 153 Å². The number of sulfonamides is 1. The number of nitrogens with zero attached hydrogens (tertiary/aromatic N) is 2. The monoisotopic (exact) mass is 398 g/mol. The van der Waals surface area contributed by atoms with Crippen molar-refractivity contribution in [2.45, 2.75) is 17.6 Å². The van der Waals surface area contributed by atoms with Crippen molar-refractivity contribution >= 4 is 38.1 Å². The van der Waals surface area contributed by atoms with Gasteiger partial charge in [0.1, 0.15) is 10.0 Å². The van der Waals surface area contributed by atoms with E-state index in [1.165, 1.54) is 11.3 Å². The maximum Gasteiger partial charge on any atom is 0.297 e. The summed E-state index contributed by atoms with van der Waals surface area (Å²) < 4.78 is 53.0. The summed E-state index contributed by atoms with van der Waals surface area (Å²) in [5.41, 5.74) is 0.398. The molecule has 3 aromatic rings. The number of fused-ring (bicyclic) bond motifs is 1. The van der Waals surface area contributed by atoms with Crippen molar-refractivity contribution in [2.75, 3.05) is 18.4 Å². The highest BCUT2D eigenvalue weighted by Crippen LogP contribution is 2.24. The molecule has 10 heteroatoms. The number of hydrogen-bond acceptors (Lipinski definition) is 6. The maximum absolute atomic E-state index is 13.0. The fourth-order valence-corrected chi connectivity index (χ4v) is 4.68. The molecule has 1 aromatic carbocycles. The molecule has 0 aliphatic rings. The van der Waals surface area contributed by atoms with E-state index in [9.17, 15) is 17.2 Å². The van der Waals surface area contributed by atoms with Crippen LogP contribution in [0.1, 0.15) is 17.1 Å². The van der Waals surface area contributed by atoms with Crippen LogP contribution in [0.15, 0.2) is 40.6 Å². The van der Waals surface area contributed by atoms with Crippen molar-refractivity contribution in [1.29, 1.82) is 0 Å². The summed E-state index contributed by atoms with van der Waals surface area (Å²) in [7, 11) is -3.58. The largest absolute Gasteiger partial charge is 0.368 e. The summed E-state index contributed by atoms with van der Waals surface area (Å²) in [6.45, 7) is 2.10. The molecular weight excluding hydrogens is 382 g/mol. The van der Waals surface area contributed by atoms with Crippen molar-refractivity contribution < 1.29 is 17.2 Å². The van der Waals surface area contributed by atoms with Crippen LogP contribution in [0.2, 0.25) is 0 Å². The second kappa shape index (κ2) is 7.60. The number of thiophene rings is 1. The number of rotatable bonds is 7. The van der Waals surface area contributed by atoms with Crippen molar-refractivity contribution in [3.05, 3.63) is 47.1 Å². The summed E-state index contributed by atoms with van der Waals surface area (Å²) >= 11 is 1.18. The lowest BCUT2D eigenvalue weighted by Crippen LogP contribution is -2.28. The first-order chi connectivity index (χ1) is 12.4.